The average Bonchev–Trinajstić information content (AvgIpc) is 2.75. The van der Waals surface area contributed by atoms with Crippen LogP contribution in [0.3, 0.4) is 0 Å². The van der Waals surface area contributed by atoms with E-state index in [4.69, 9.17) is 9.52 Å². The molecule has 1 atom stereocenters. The third-order valence-corrected chi connectivity index (χ3v) is 3.07. The van der Waals surface area contributed by atoms with Gasteiger partial charge in [-0.25, -0.2) is 4.39 Å². The molecule has 1 aliphatic rings. The Bertz CT molecular complexity index is 585. The zero-order valence-corrected chi connectivity index (χ0v) is 8.37. The lowest BCUT2D eigenvalue weighted by atomic mass is 10.1. The van der Waals surface area contributed by atoms with Crippen LogP contribution in [0.5, 0.6) is 0 Å². The summed E-state index contributed by atoms with van der Waals surface area (Å²) in [5.74, 6) is -0.889. The molecule has 16 heavy (non-hydrogen) atoms. The van der Waals surface area contributed by atoms with Gasteiger partial charge in [0.1, 0.15) is 17.2 Å². The van der Waals surface area contributed by atoms with E-state index in [2.05, 4.69) is 0 Å². The first-order chi connectivity index (χ1) is 7.65. The number of benzene rings is 1. The van der Waals surface area contributed by atoms with Crippen molar-refractivity contribution < 1.29 is 18.7 Å². The van der Waals surface area contributed by atoms with Crippen LogP contribution in [-0.4, -0.2) is 11.1 Å². The highest BCUT2D eigenvalue weighted by molar-refractivity contribution is 5.84. The van der Waals surface area contributed by atoms with Gasteiger partial charge in [0, 0.05) is 17.4 Å². The van der Waals surface area contributed by atoms with E-state index in [-0.39, 0.29) is 5.82 Å². The maximum Gasteiger partial charge on any atom is 0.307 e. The quantitative estimate of drug-likeness (QED) is 0.802. The fraction of sp³-hybridized carbons (Fsp3) is 0.250. The van der Waals surface area contributed by atoms with E-state index < -0.39 is 11.9 Å². The molecule has 0 saturated heterocycles. The minimum atomic E-state index is -0.823. The number of carboxylic acid groups (broad SMARTS) is 1. The van der Waals surface area contributed by atoms with Crippen molar-refractivity contribution in [3.8, 4) is 0 Å². The van der Waals surface area contributed by atoms with Crippen LogP contribution < -0.4 is 0 Å². The number of halogens is 1. The van der Waals surface area contributed by atoms with Crippen molar-refractivity contribution in [3.63, 3.8) is 0 Å². The Balaban J connectivity index is 2.13. The minimum absolute atomic E-state index is 0.324. The minimum Gasteiger partial charge on any atom is -0.481 e. The maximum absolute atomic E-state index is 13.1. The average molecular weight is 220 g/mol. The van der Waals surface area contributed by atoms with Crippen molar-refractivity contribution in [2.75, 3.05) is 0 Å². The molecule has 1 aliphatic carbocycles. The molecular weight excluding hydrogens is 211 g/mol. The topological polar surface area (TPSA) is 50.4 Å². The van der Waals surface area contributed by atoms with E-state index in [9.17, 15) is 9.18 Å². The summed E-state index contributed by atoms with van der Waals surface area (Å²) in [6.07, 6.45) is 0.835. The summed E-state index contributed by atoms with van der Waals surface area (Å²) < 4.78 is 18.6. The first kappa shape index (κ1) is 9.39. The molecule has 0 bridgehead atoms. The van der Waals surface area contributed by atoms with Crippen molar-refractivity contribution >= 4 is 16.9 Å². The van der Waals surface area contributed by atoms with Gasteiger partial charge in [-0.2, -0.15) is 0 Å². The van der Waals surface area contributed by atoms with Gasteiger partial charge in [0.25, 0.3) is 0 Å². The molecule has 0 aliphatic heterocycles. The molecule has 82 valence electrons. The Kier molecular flexibility index (Phi) is 1.80. The van der Waals surface area contributed by atoms with Crippen LogP contribution in [0.2, 0.25) is 0 Å². The SMILES string of the molecule is O=C(O)C1Cc2oc3ccc(F)cc3c2C1. The zero-order chi connectivity index (χ0) is 11.3. The molecule has 0 amide bonds. The first-order valence-electron chi connectivity index (χ1n) is 5.08. The second-order valence-corrected chi connectivity index (χ2v) is 4.09. The van der Waals surface area contributed by atoms with E-state index in [1.54, 1.807) is 6.07 Å². The highest BCUT2D eigenvalue weighted by Gasteiger charge is 2.31. The third kappa shape index (κ3) is 1.23. The number of aliphatic carboxylic acids is 1. The number of fused-ring (bicyclic) bond motifs is 3. The molecule has 0 spiro atoms. The van der Waals surface area contributed by atoms with Gasteiger partial charge >= 0.3 is 5.97 Å². The summed E-state index contributed by atoms with van der Waals surface area (Å²) in [5, 5.41) is 9.62. The monoisotopic (exact) mass is 220 g/mol. The number of hydrogen-bond donors (Lipinski definition) is 1. The van der Waals surface area contributed by atoms with Gasteiger partial charge in [0.05, 0.1) is 5.92 Å². The van der Waals surface area contributed by atoms with Gasteiger partial charge < -0.3 is 9.52 Å². The lowest BCUT2D eigenvalue weighted by Gasteiger charge is -2.00. The molecule has 0 saturated carbocycles. The summed E-state index contributed by atoms with van der Waals surface area (Å²) >= 11 is 0. The number of rotatable bonds is 1. The van der Waals surface area contributed by atoms with Crippen LogP contribution in [0.25, 0.3) is 11.0 Å². The third-order valence-electron chi connectivity index (χ3n) is 3.07. The van der Waals surface area contributed by atoms with Crippen LogP contribution >= 0.6 is 0 Å². The molecule has 1 heterocycles. The van der Waals surface area contributed by atoms with Crippen molar-refractivity contribution in [2.24, 2.45) is 5.92 Å². The van der Waals surface area contributed by atoms with Gasteiger partial charge in [0.15, 0.2) is 0 Å². The molecule has 3 nitrogen and oxygen atoms in total. The first-order valence-corrected chi connectivity index (χ1v) is 5.08. The van der Waals surface area contributed by atoms with Crippen molar-refractivity contribution in [1.82, 2.24) is 0 Å². The van der Waals surface area contributed by atoms with Crippen molar-refractivity contribution in [1.29, 1.82) is 0 Å². The Morgan fingerprint density at radius 3 is 3.00 bits per heavy atom. The molecule has 1 N–H and O–H groups in total. The van der Waals surface area contributed by atoms with Gasteiger partial charge in [-0.15, -0.1) is 0 Å². The van der Waals surface area contributed by atoms with Crippen LogP contribution in [0.1, 0.15) is 11.3 Å². The fourth-order valence-corrected chi connectivity index (χ4v) is 2.28. The Hall–Kier alpha value is -1.84. The van der Waals surface area contributed by atoms with Gasteiger partial charge in [0.2, 0.25) is 0 Å². The molecule has 1 aromatic carbocycles. The van der Waals surface area contributed by atoms with E-state index >= 15 is 0 Å². The van der Waals surface area contributed by atoms with Crippen molar-refractivity contribution in [3.05, 3.63) is 35.3 Å². The van der Waals surface area contributed by atoms with E-state index in [1.165, 1.54) is 12.1 Å². The standard InChI is InChI=1S/C12H9FO3/c13-7-1-2-10-9(5-7)8-3-6(12(14)15)4-11(8)16-10/h1-2,5-6H,3-4H2,(H,14,15). The summed E-state index contributed by atoms with van der Waals surface area (Å²) in [4.78, 5) is 10.9. The van der Waals surface area contributed by atoms with Crippen LogP contribution in [0.15, 0.2) is 22.6 Å². The second kappa shape index (κ2) is 3.07. The molecule has 0 radical (unpaired) electrons. The Morgan fingerprint density at radius 1 is 1.44 bits per heavy atom. The van der Waals surface area contributed by atoms with Gasteiger partial charge in [-0.05, 0) is 24.6 Å². The number of carbonyl (C=O) groups is 1. The molecule has 0 fully saturated rings. The summed E-state index contributed by atoms with van der Waals surface area (Å²) in [7, 11) is 0. The van der Waals surface area contributed by atoms with E-state index in [0.29, 0.717) is 29.6 Å². The Morgan fingerprint density at radius 2 is 2.25 bits per heavy atom. The van der Waals surface area contributed by atoms with Crippen molar-refractivity contribution in [2.45, 2.75) is 12.8 Å². The van der Waals surface area contributed by atoms with Gasteiger partial charge in [-0.3, -0.25) is 4.79 Å². The summed E-state index contributed by atoms with van der Waals surface area (Å²) in [6.45, 7) is 0. The zero-order valence-electron chi connectivity index (χ0n) is 8.37. The van der Waals surface area contributed by atoms with Crippen LogP contribution in [0.4, 0.5) is 4.39 Å². The van der Waals surface area contributed by atoms with E-state index in [1.807, 2.05) is 0 Å². The van der Waals surface area contributed by atoms with Crippen LogP contribution in [0, 0.1) is 11.7 Å². The maximum atomic E-state index is 13.1. The fourth-order valence-electron chi connectivity index (χ4n) is 2.28. The lowest BCUT2D eigenvalue weighted by molar-refractivity contribution is -0.141. The molecule has 3 rings (SSSR count). The molecule has 1 aromatic heterocycles. The number of carboxylic acids is 1. The highest BCUT2D eigenvalue weighted by Crippen LogP contribution is 2.35. The van der Waals surface area contributed by atoms with Crippen LogP contribution in [-0.2, 0) is 17.6 Å². The highest BCUT2D eigenvalue weighted by atomic mass is 19.1. The molecular formula is C12H9FO3. The lowest BCUT2D eigenvalue weighted by Crippen LogP contribution is -2.13. The van der Waals surface area contributed by atoms with Gasteiger partial charge in [-0.1, -0.05) is 0 Å². The molecule has 4 heteroatoms. The predicted octanol–water partition coefficient (Wildman–Crippen LogP) is 2.37. The smallest absolute Gasteiger partial charge is 0.307 e. The summed E-state index contributed by atoms with van der Waals surface area (Å²) in [5.41, 5.74) is 1.48. The summed E-state index contributed by atoms with van der Waals surface area (Å²) in [6, 6.07) is 4.33. The largest absolute Gasteiger partial charge is 0.481 e. The normalized spacial score (nSPS) is 18.9. The number of hydrogen-bond acceptors (Lipinski definition) is 2. The predicted molar refractivity (Wildman–Crippen MR) is 54.7 cm³/mol. The Labute approximate surface area is 90.5 Å². The second-order valence-electron chi connectivity index (χ2n) is 4.09. The molecule has 1 unspecified atom stereocenters. The molecule has 2 aromatic rings. The van der Waals surface area contributed by atoms with E-state index in [0.717, 1.165) is 5.56 Å². The number of furan rings is 1.